The van der Waals surface area contributed by atoms with Crippen molar-refractivity contribution in [3.8, 4) is 0 Å². The first-order valence-corrected chi connectivity index (χ1v) is 9.84. The minimum atomic E-state index is -0.815. The van der Waals surface area contributed by atoms with E-state index in [1.807, 2.05) is 49.4 Å². The van der Waals surface area contributed by atoms with E-state index < -0.39 is 5.60 Å². The molecule has 1 aliphatic heterocycles. The molecular formula is C25H26FNO. The van der Waals surface area contributed by atoms with Crippen LogP contribution in [0.1, 0.15) is 48.5 Å². The number of hydrogen-bond acceptors (Lipinski definition) is 2. The van der Waals surface area contributed by atoms with E-state index in [4.69, 9.17) is 0 Å². The summed E-state index contributed by atoms with van der Waals surface area (Å²) >= 11 is 0. The molecule has 3 aromatic rings. The minimum Gasteiger partial charge on any atom is -0.390 e. The number of aliphatic hydroxyl groups is 1. The van der Waals surface area contributed by atoms with Crippen molar-refractivity contribution in [2.75, 3.05) is 0 Å². The molecule has 1 unspecified atom stereocenters. The number of piperidine rings is 1. The van der Waals surface area contributed by atoms with E-state index in [0.29, 0.717) is 12.8 Å². The summed E-state index contributed by atoms with van der Waals surface area (Å²) in [7, 11) is 0. The van der Waals surface area contributed by atoms with Crippen molar-refractivity contribution in [2.45, 2.75) is 44.0 Å². The third kappa shape index (κ3) is 4.16. The molecule has 3 heteroatoms. The quantitative estimate of drug-likeness (QED) is 0.636. The van der Waals surface area contributed by atoms with Crippen molar-refractivity contribution >= 4 is 0 Å². The Hall–Kier alpha value is -2.49. The van der Waals surface area contributed by atoms with Gasteiger partial charge in [-0.2, -0.15) is 0 Å². The average molecular weight is 375 g/mol. The summed E-state index contributed by atoms with van der Waals surface area (Å²) in [4.78, 5) is 2.41. The number of nitrogens with zero attached hydrogens (tertiary/aromatic N) is 1. The van der Waals surface area contributed by atoms with Crippen LogP contribution in [0.5, 0.6) is 0 Å². The van der Waals surface area contributed by atoms with Gasteiger partial charge in [-0.05, 0) is 48.6 Å². The second kappa shape index (κ2) is 7.86. The maximum absolute atomic E-state index is 14.0. The normalized spacial score (nSPS) is 25.5. The van der Waals surface area contributed by atoms with E-state index in [0.717, 1.165) is 12.1 Å². The van der Waals surface area contributed by atoms with Crippen molar-refractivity contribution in [2.24, 2.45) is 0 Å². The largest absolute Gasteiger partial charge is 0.390 e. The van der Waals surface area contributed by atoms with Gasteiger partial charge in [-0.1, -0.05) is 72.8 Å². The van der Waals surface area contributed by atoms with Crippen LogP contribution in [-0.4, -0.2) is 15.6 Å². The molecular weight excluding hydrogens is 349 g/mol. The zero-order valence-corrected chi connectivity index (χ0v) is 16.1. The van der Waals surface area contributed by atoms with Crippen LogP contribution in [0.4, 0.5) is 4.39 Å². The van der Waals surface area contributed by atoms with Gasteiger partial charge in [-0.3, -0.25) is 4.90 Å². The SMILES string of the molecule is CC1(O)C[C@H](c2cccc(F)c2)N(Cc2ccccc2)[C@H](c2ccccc2)C1. The summed E-state index contributed by atoms with van der Waals surface area (Å²) in [5.41, 5.74) is 2.49. The van der Waals surface area contributed by atoms with Crippen molar-refractivity contribution in [1.29, 1.82) is 0 Å². The van der Waals surface area contributed by atoms with E-state index in [9.17, 15) is 9.50 Å². The van der Waals surface area contributed by atoms with Gasteiger partial charge in [-0.25, -0.2) is 4.39 Å². The first-order chi connectivity index (χ1) is 13.5. The lowest BCUT2D eigenvalue weighted by atomic mass is 9.78. The van der Waals surface area contributed by atoms with E-state index in [-0.39, 0.29) is 17.9 Å². The zero-order valence-electron chi connectivity index (χ0n) is 16.1. The number of halogens is 1. The highest BCUT2D eigenvalue weighted by molar-refractivity contribution is 5.27. The zero-order chi connectivity index (χ0) is 19.6. The van der Waals surface area contributed by atoms with Crippen LogP contribution in [0.25, 0.3) is 0 Å². The maximum atomic E-state index is 14.0. The standard InChI is InChI=1S/C25H26FNO/c1-25(28)16-23(20-11-6-3-7-12-20)27(18-19-9-4-2-5-10-19)24(17-25)21-13-8-14-22(26)15-21/h2-15,23-24,28H,16-18H2,1H3/t23-,24+,25?/m0/s1. The van der Waals surface area contributed by atoms with Crippen LogP contribution in [0.2, 0.25) is 0 Å². The fraction of sp³-hybridized carbons (Fsp3) is 0.280. The topological polar surface area (TPSA) is 23.5 Å². The molecule has 0 saturated carbocycles. The van der Waals surface area contributed by atoms with Gasteiger partial charge in [0.2, 0.25) is 0 Å². The Kier molecular flexibility index (Phi) is 5.29. The van der Waals surface area contributed by atoms with Gasteiger partial charge >= 0.3 is 0 Å². The Morgan fingerprint density at radius 2 is 1.43 bits per heavy atom. The lowest BCUT2D eigenvalue weighted by Crippen LogP contribution is -2.46. The molecule has 28 heavy (non-hydrogen) atoms. The molecule has 0 aliphatic carbocycles. The minimum absolute atomic E-state index is 0.0541. The molecule has 1 aliphatic rings. The second-order valence-electron chi connectivity index (χ2n) is 8.06. The highest BCUT2D eigenvalue weighted by Gasteiger charge is 2.42. The third-order valence-electron chi connectivity index (χ3n) is 5.69. The molecule has 1 saturated heterocycles. The maximum Gasteiger partial charge on any atom is 0.123 e. The molecule has 0 bridgehead atoms. The smallest absolute Gasteiger partial charge is 0.123 e. The molecule has 0 aromatic heterocycles. The summed E-state index contributed by atoms with van der Waals surface area (Å²) < 4.78 is 14.0. The number of rotatable bonds is 4. The molecule has 3 atom stereocenters. The Labute approximate surface area is 166 Å². The Balaban J connectivity index is 1.78. The lowest BCUT2D eigenvalue weighted by Gasteiger charge is -2.48. The van der Waals surface area contributed by atoms with E-state index in [1.54, 1.807) is 12.1 Å². The van der Waals surface area contributed by atoms with Crippen LogP contribution in [0.15, 0.2) is 84.9 Å². The first-order valence-electron chi connectivity index (χ1n) is 9.84. The Morgan fingerprint density at radius 3 is 2.07 bits per heavy atom. The summed E-state index contributed by atoms with van der Waals surface area (Å²) in [6.07, 6.45) is 1.22. The van der Waals surface area contributed by atoms with Crippen molar-refractivity contribution in [3.05, 3.63) is 107 Å². The van der Waals surface area contributed by atoms with Crippen LogP contribution in [-0.2, 0) is 6.54 Å². The van der Waals surface area contributed by atoms with E-state index in [1.165, 1.54) is 17.2 Å². The summed E-state index contributed by atoms with van der Waals surface area (Å²) in [5, 5.41) is 11.1. The lowest BCUT2D eigenvalue weighted by molar-refractivity contribution is -0.0695. The number of likely N-dealkylation sites (tertiary alicyclic amines) is 1. The summed E-state index contributed by atoms with van der Waals surface area (Å²) in [6.45, 7) is 2.65. The van der Waals surface area contributed by atoms with Gasteiger partial charge in [0.05, 0.1) is 5.60 Å². The highest BCUT2D eigenvalue weighted by Crippen LogP contribution is 2.46. The Bertz CT molecular complexity index is 910. The van der Waals surface area contributed by atoms with Gasteiger partial charge in [-0.15, -0.1) is 0 Å². The fourth-order valence-electron chi connectivity index (χ4n) is 4.39. The Morgan fingerprint density at radius 1 is 0.857 bits per heavy atom. The molecule has 1 heterocycles. The van der Waals surface area contributed by atoms with Crippen LogP contribution in [0.3, 0.4) is 0 Å². The molecule has 3 aromatic carbocycles. The van der Waals surface area contributed by atoms with Gasteiger partial charge < -0.3 is 5.11 Å². The highest BCUT2D eigenvalue weighted by atomic mass is 19.1. The van der Waals surface area contributed by atoms with Gasteiger partial charge in [0.15, 0.2) is 0 Å². The molecule has 0 radical (unpaired) electrons. The summed E-state index contributed by atoms with van der Waals surface area (Å²) in [6, 6.07) is 27.5. The number of hydrogen-bond donors (Lipinski definition) is 1. The molecule has 4 rings (SSSR count). The molecule has 1 N–H and O–H groups in total. The molecule has 2 nitrogen and oxygen atoms in total. The van der Waals surface area contributed by atoms with Gasteiger partial charge in [0.1, 0.15) is 5.82 Å². The van der Waals surface area contributed by atoms with E-state index in [2.05, 4.69) is 29.2 Å². The van der Waals surface area contributed by atoms with Crippen LogP contribution >= 0.6 is 0 Å². The molecule has 1 fully saturated rings. The summed E-state index contributed by atoms with van der Waals surface area (Å²) in [5.74, 6) is -0.237. The molecule has 0 spiro atoms. The van der Waals surface area contributed by atoms with Gasteiger partial charge in [0, 0.05) is 18.6 Å². The molecule has 0 amide bonds. The van der Waals surface area contributed by atoms with Crippen molar-refractivity contribution in [3.63, 3.8) is 0 Å². The van der Waals surface area contributed by atoms with Crippen LogP contribution in [0, 0.1) is 5.82 Å². The number of benzene rings is 3. The predicted molar refractivity (Wildman–Crippen MR) is 110 cm³/mol. The van der Waals surface area contributed by atoms with Crippen LogP contribution < -0.4 is 0 Å². The first kappa shape index (κ1) is 18.9. The molecule has 144 valence electrons. The van der Waals surface area contributed by atoms with E-state index >= 15 is 0 Å². The van der Waals surface area contributed by atoms with Crippen molar-refractivity contribution in [1.82, 2.24) is 4.90 Å². The monoisotopic (exact) mass is 375 g/mol. The van der Waals surface area contributed by atoms with Gasteiger partial charge in [0.25, 0.3) is 0 Å². The van der Waals surface area contributed by atoms with Crippen molar-refractivity contribution < 1.29 is 9.50 Å². The predicted octanol–water partition coefficient (Wildman–Crippen LogP) is 5.66. The third-order valence-corrected chi connectivity index (χ3v) is 5.69. The fourth-order valence-corrected chi connectivity index (χ4v) is 4.39. The average Bonchev–Trinajstić information content (AvgIpc) is 2.70. The second-order valence-corrected chi connectivity index (χ2v) is 8.06.